The van der Waals surface area contributed by atoms with E-state index in [1.165, 1.54) is 11.8 Å². The van der Waals surface area contributed by atoms with Crippen molar-refractivity contribution in [3.8, 4) is 10.7 Å². The van der Waals surface area contributed by atoms with E-state index >= 15 is 0 Å². The summed E-state index contributed by atoms with van der Waals surface area (Å²) in [6.07, 6.45) is 0. The maximum atomic E-state index is 10.7. The smallest absolute Gasteiger partial charge is 0.313 e. The van der Waals surface area contributed by atoms with Crippen molar-refractivity contribution in [2.45, 2.75) is 25.5 Å². The molecule has 0 spiro atoms. The Hall–Kier alpha value is -1.34. The first-order valence-corrected chi connectivity index (χ1v) is 7.76. The van der Waals surface area contributed by atoms with E-state index in [9.17, 15) is 4.79 Å². The molecule has 0 aromatic carbocycles. The van der Waals surface area contributed by atoms with E-state index in [1.807, 2.05) is 22.1 Å². The third-order valence-corrected chi connectivity index (χ3v) is 4.15. The molecule has 0 radical (unpaired) electrons. The molecule has 0 fully saturated rings. The molecule has 0 saturated carbocycles. The fourth-order valence-corrected chi connectivity index (χ4v) is 3.02. The zero-order valence-corrected chi connectivity index (χ0v) is 12.4. The Morgan fingerprint density at radius 2 is 2.32 bits per heavy atom. The molecule has 102 valence electrons. The average Bonchev–Trinajstić information content (AvgIpc) is 2.94. The van der Waals surface area contributed by atoms with E-state index in [-0.39, 0.29) is 5.75 Å². The third kappa shape index (κ3) is 3.57. The van der Waals surface area contributed by atoms with Gasteiger partial charge in [-0.1, -0.05) is 31.7 Å². The lowest BCUT2D eigenvalue weighted by Crippen LogP contribution is -2.08. The number of nitrogens with zero attached hydrogens (tertiary/aromatic N) is 3. The average molecular weight is 297 g/mol. The van der Waals surface area contributed by atoms with Gasteiger partial charge in [-0.05, 0) is 17.4 Å². The molecule has 0 aliphatic heterocycles. The number of aromatic nitrogens is 3. The second-order valence-electron chi connectivity index (χ2n) is 4.47. The SMILES string of the molecule is CC(C)Cn1c(SCC(=O)O)nnc1-c1cccs1. The van der Waals surface area contributed by atoms with Gasteiger partial charge in [-0.15, -0.1) is 21.5 Å². The minimum absolute atomic E-state index is 0.000664. The zero-order chi connectivity index (χ0) is 13.8. The molecule has 5 nitrogen and oxygen atoms in total. The lowest BCUT2D eigenvalue weighted by Gasteiger charge is -2.11. The lowest BCUT2D eigenvalue weighted by atomic mass is 10.2. The van der Waals surface area contributed by atoms with Crippen LogP contribution in [0.15, 0.2) is 22.7 Å². The van der Waals surface area contributed by atoms with Crippen LogP contribution >= 0.6 is 23.1 Å². The summed E-state index contributed by atoms with van der Waals surface area (Å²) < 4.78 is 2.00. The van der Waals surface area contributed by atoms with Gasteiger partial charge in [0.1, 0.15) is 0 Å². The van der Waals surface area contributed by atoms with Crippen molar-refractivity contribution in [3.63, 3.8) is 0 Å². The molecule has 0 atom stereocenters. The third-order valence-electron chi connectivity index (χ3n) is 2.33. The molecule has 7 heteroatoms. The normalized spacial score (nSPS) is 11.1. The second kappa shape index (κ2) is 6.21. The maximum Gasteiger partial charge on any atom is 0.313 e. The zero-order valence-electron chi connectivity index (χ0n) is 10.7. The van der Waals surface area contributed by atoms with Crippen LogP contribution in [0.4, 0.5) is 0 Å². The highest BCUT2D eigenvalue weighted by Crippen LogP contribution is 2.27. The largest absolute Gasteiger partial charge is 0.481 e. The minimum atomic E-state index is -0.846. The standard InChI is InChI=1S/C12H15N3O2S2/c1-8(2)6-15-11(9-4-3-5-18-9)13-14-12(15)19-7-10(16)17/h3-5,8H,6-7H2,1-2H3,(H,16,17). The van der Waals surface area contributed by atoms with Crippen molar-refractivity contribution < 1.29 is 9.90 Å². The first kappa shape index (κ1) is 14.1. The fourth-order valence-electron chi connectivity index (χ4n) is 1.64. The Bertz CT molecular complexity index is 549. The van der Waals surface area contributed by atoms with Gasteiger partial charge in [-0.2, -0.15) is 0 Å². The summed E-state index contributed by atoms with van der Waals surface area (Å²) in [5, 5.41) is 19.7. The molecular weight excluding hydrogens is 282 g/mol. The number of carboxylic acids is 1. The van der Waals surface area contributed by atoms with Gasteiger partial charge in [0.05, 0.1) is 10.6 Å². The molecule has 19 heavy (non-hydrogen) atoms. The monoisotopic (exact) mass is 297 g/mol. The fraction of sp³-hybridized carbons (Fsp3) is 0.417. The molecule has 2 heterocycles. The van der Waals surface area contributed by atoms with E-state index in [0.29, 0.717) is 11.1 Å². The molecule has 2 aromatic rings. The van der Waals surface area contributed by atoms with E-state index < -0.39 is 5.97 Å². The quantitative estimate of drug-likeness (QED) is 0.830. The molecule has 0 bridgehead atoms. The Labute approximate surface area is 119 Å². The Morgan fingerprint density at radius 3 is 2.89 bits per heavy atom. The van der Waals surface area contributed by atoms with Crippen molar-refractivity contribution in [2.24, 2.45) is 5.92 Å². The van der Waals surface area contributed by atoms with E-state index in [1.54, 1.807) is 11.3 Å². The number of aliphatic carboxylic acids is 1. The number of rotatable bonds is 6. The molecule has 2 rings (SSSR count). The van der Waals surface area contributed by atoms with Crippen LogP contribution in [0.2, 0.25) is 0 Å². The van der Waals surface area contributed by atoms with Gasteiger partial charge in [0.15, 0.2) is 11.0 Å². The first-order chi connectivity index (χ1) is 9.08. The van der Waals surface area contributed by atoms with Crippen molar-refractivity contribution in [1.29, 1.82) is 0 Å². The van der Waals surface area contributed by atoms with Crippen molar-refractivity contribution >= 4 is 29.1 Å². The van der Waals surface area contributed by atoms with Crippen LogP contribution in [0, 0.1) is 5.92 Å². The molecule has 0 saturated heterocycles. The molecule has 0 aliphatic carbocycles. The van der Waals surface area contributed by atoms with Gasteiger partial charge in [-0.25, -0.2) is 0 Å². The van der Waals surface area contributed by atoms with E-state index in [2.05, 4.69) is 24.0 Å². The molecule has 0 aliphatic rings. The number of thiophene rings is 1. The van der Waals surface area contributed by atoms with Crippen LogP contribution in [0.3, 0.4) is 0 Å². The van der Waals surface area contributed by atoms with Crippen molar-refractivity contribution in [3.05, 3.63) is 17.5 Å². The Morgan fingerprint density at radius 1 is 1.53 bits per heavy atom. The molecule has 2 aromatic heterocycles. The van der Waals surface area contributed by atoms with Crippen LogP contribution in [0.5, 0.6) is 0 Å². The van der Waals surface area contributed by atoms with Crippen LogP contribution in [0.1, 0.15) is 13.8 Å². The highest BCUT2D eigenvalue weighted by Gasteiger charge is 2.16. The summed E-state index contributed by atoms with van der Waals surface area (Å²) in [7, 11) is 0. The number of carboxylic acid groups (broad SMARTS) is 1. The first-order valence-electron chi connectivity index (χ1n) is 5.89. The number of thioether (sulfide) groups is 1. The Kier molecular flexibility index (Phi) is 4.60. The second-order valence-corrected chi connectivity index (χ2v) is 6.36. The predicted octanol–water partition coefficient (Wildman–Crippen LogP) is 2.84. The summed E-state index contributed by atoms with van der Waals surface area (Å²) in [5.41, 5.74) is 0. The molecule has 0 unspecified atom stereocenters. The van der Waals surface area contributed by atoms with Crippen LogP contribution in [0.25, 0.3) is 10.7 Å². The van der Waals surface area contributed by atoms with Gasteiger partial charge in [0.2, 0.25) is 0 Å². The van der Waals surface area contributed by atoms with Gasteiger partial charge < -0.3 is 9.67 Å². The Balaban J connectivity index is 2.30. The number of hydrogen-bond acceptors (Lipinski definition) is 5. The summed E-state index contributed by atoms with van der Waals surface area (Å²) in [6, 6.07) is 3.97. The number of carbonyl (C=O) groups is 1. The van der Waals surface area contributed by atoms with Crippen LogP contribution < -0.4 is 0 Å². The van der Waals surface area contributed by atoms with Gasteiger partial charge in [0, 0.05) is 6.54 Å². The highest BCUT2D eigenvalue weighted by molar-refractivity contribution is 7.99. The molecule has 0 amide bonds. The summed E-state index contributed by atoms with van der Waals surface area (Å²) in [6.45, 7) is 5.01. The summed E-state index contributed by atoms with van der Waals surface area (Å²) >= 11 is 2.82. The molecular formula is C12H15N3O2S2. The van der Waals surface area contributed by atoms with Crippen molar-refractivity contribution in [1.82, 2.24) is 14.8 Å². The number of hydrogen-bond donors (Lipinski definition) is 1. The summed E-state index contributed by atoms with van der Waals surface area (Å²) in [5.74, 6) is 0.415. The van der Waals surface area contributed by atoms with E-state index in [4.69, 9.17) is 5.11 Å². The molecule has 1 N–H and O–H groups in total. The lowest BCUT2D eigenvalue weighted by molar-refractivity contribution is -0.133. The maximum absolute atomic E-state index is 10.7. The van der Waals surface area contributed by atoms with E-state index in [0.717, 1.165) is 17.2 Å². The van der Waals surface area contributed by atoms with Gasteiger partial charge in [-0.3, -0.25) is 4.79 Å². The van der Waals surface area contributed by atoms with Gasteiger partial charge >= 0.3 is 5.97 Å². The van der Waals surface area contributed by atoms with Crippen LogP contribution in [-0.4, -0.2) is 31.6 Å². The topological polar surface area (TPSA) is 68.0 Å². The predicted molar refractivity (Wildman–Crippen MR) is 76.5 cm³/mol. The van der Waals surface area contributed by atoms with Gasteiger partial charge in [0.25, 0.3) is 0 Å². The minimum Gasteiger partial charge on any atom is -0.481 e. The van der Waals surface area contributed by atoms with Crippen LogP contribution in [-0.2, 0) is 11.3 Å². The summed E-state index contributed by atoms with van der Waals surface area (Å²) in [4.78, 5) is 11.7. The van der Waals surface area contributed by atoms with Crippen molar-refractivity contribution in [2.75, 3.05) is 5.75 Å². The highest BCUT2D eigenvalue weighted by atomic mass is 32.2.